The quantitative estimate of drug-likeness (QED) is 0.653. The molecule has 0 saturated carbocycles. The first kappa shape index (κ1) is 16.6. The summed E-state index contributed by atoms with van der Waals surface area (Å²) in [4.78, 5) is 16.9. The number of hydrogen-bond donors (Lipinski definition) is 1. The van der Waals surface area contributed by atoms with E-state index in [9.17, 15) is 4.79 Å². The molecule has 0 radical (unpaired) electrons. The van der Waals surface area contributed by atoms with Crippen LogP contribution in [0.25, 0.3) is 10.9 Å². The summed E-state index contributed by atoms with van der Waals surface area (Å²) in [5.41, 5.74) is 2.34. The van der Waals surface area contributed by atoms with Crippen molar-refractivity contribution in [3.05, 3.63) is 30.0 Å². The number of hydrogen-bond acceptors (Lipinski definition) is 3. The number of nitrogens with zero attached hydrogens (tertiary/aromatic N) is 1. The molecule has 0 amide bonds. The number of benzene rings is 1. The van der Waals surface area contributed by atoms with Crippen molar-refractivity contribution in [1.29, 1.82) is 0 Å². The van der Waals surface area contributed by atoms with Crippen molar-refractivity contribution in [3.63, 3.8) is 0 Å². The third-order valence-corrected chi connectivity index (χ3v) is 3.97. The van der Waals surface area contributed by atoms with E-state index in [4.69, 9.17) is 4.74 Å². The van der Waals surface area contributed by atoms with Gasteiger partial charge in [0.25, 0.3) is 0 Å². The molecule has 0 aliphatic rings. The molecule has 120 valence electrons. The molecule has 22 heavy (non-hydrogen) atoms. The average molecular weight is 302 g/mol. The van der Waals surface area contributed by atoms with Crippen LogP contribution in [0.3, 0.4) is 0 Å². The normalized spacial score (nSPS) is 11.8. The van der Waals surface area contributed by atoms with Gasteiger partial charge in [0.05, 0.1) is 0 Å². The number of H-pyrrole nitrogens is 1. The van der Waals surface area contributed by atoms with Crippen LogP contribution in [0.5, 0.6) is 5.75 Å². The van der Waals surface area contributed by atoms with Gasteiger partial charge in [-0.15, -0.1) is 0 Å². The van der Waals surface area contributed by atoms with E-state index in [1.807, 2.05) is 18.2 Å². The lowest BCUT2D eigenvalue weighted by atomic mass is 10.1. The number of rotatable bonds is 6. The van der Waals surface area contributed by atoms with E-state index in [2.05, 4.69) is 43.8 Å². The van der Waals surface area contributed by atoms with E-state index >= 15 is 0 Å². The second-order valence-electron chi connectivity index (χ2n) is 6.29. The van der Waals surface area contributed by atoms with Gasteiger partial charge in [-0.05, 0) is 57.9 Å². The van der Waals surface area contributed by atoms with Crippen molar-refractivity contribution in [2.75, 3.05) is 6.54 Å². The SMILES string of the molecule is CC(=O)Oc1ccc2[nH]cc(CCN(C(C)C)C(C)C)c2c1. The van der Waals surface area contributed by atoms with Crippen LogP contribution in [0.4, 0.5) is 0 Å². The first-order valence-corrected chi connectivity index (χ1v) is 7.92. The number of nitrogens with one attached hydrogen (secondary N) is 1. The van der Waals surface area contributed by atoms with Gasteiger partial charge in [-0.2, -0.15) is 0 Å². The molecular weight excluding hydrogens is 276 g/mol. The van der Waals surface area contributed by atoms with E-state index < -0.39 is 0 Å². The van der Waals surface area contributed by atoms with Gasteiger partial charge >= 0.3 is 5.97 Å². The van der Waals surface area contributed by atoms with E-state index in [1.54, 1.807) is 0 Å². The molecule has 0 fully saturated rings. The van der Waals surface area contributed by atoms with Crippen molar-refractivity contribution < 1.29 is 9.53 Å². The molecule has 0 atom stereocenters. The van der Waals surface area contributed by atoms with Gasteiger partial charge in [0.1, 0.15) is 5.75 Å². The number of aromatic nitrogens is 1. The molecule has 0 aliphatic carbocycles. The Morgan fingerprint density at radius 1 is 1.23 bits per heavy atom. The Labute approximate surface area is 132 Å². The highest BCUT2D eigenvalue weighted by molar-refractivity contribution is 5.85. The highest BCUT2D eigenvalue weighted by atomic mass is 16.5. The van der Waals surface area contributed by atoms with Crippen LogP contribution in [0.15, 0.2) is 24.4 Å². The standard InChI is InChI=1S/C18H26N2O2/c1-12(2)20(13(3)4)9-8-15-11-19-18-7-6-16(10-17(15)18)22-14(5)21/h6-7,10-13,19H,8-9H2,1-5H3. The Bertz CT molecular complexity index is 636. The molecule has 1 N–H and O–H groups in total. The maximum Gasteiger partial charge on any atom is 0.308 e. The monoisotopic (exact) mass is 302 g/mol. The molecule has 1 heterocycles. The summed E-state index contributed by atoms with van der Waals surface area (Å²) in [7, 11) is 0. The van der Waals surface area contributed by atoms with Gasteiger partial charge in [0, 0.05) is 42.7 Å². The first-order valence-electron chi connectivity index (χ1n) is 7.92. The molecule has 4 nitrogen and oxygen atoms in total. The summed E-state index contributed by atoms with van der Waals surface area (Å²) in [5.74, 6) is 0.313. The summed E-state index contributed by atoms with van der Waals surface area (Å²) in [5, 5.41) is 1.13. The number of aromatic amines is 1. The predicted molar refractivity (Wildman–Crippen MR) is 90.3 cm³/mol. The minimum atomic E-state index is -0.290. The zero-order valence-electron chi connectivity index (χ0n) is 14.1. The number of ether oxygens (including phenoxy) is 1. The topological polar surface area (TPSA) is 45.3 Å². The van der Waals surface area contributed by atoms with E-state index in [1.165, 1.54) is 12.5 Å². The van der Waals surface area contributed by atoms with Gasteiger partial charge in [0.15, 0.2) is 0 Å². The average Bonchev–Trinajstić information content (AvgIpc) is 2.80. The van der Waals surface area contributed by atoms with Crippen molar-refractivity contribution in [3.8, 4) is 5.75 Å². The van der Waals surface area contributed by atoms with Crippen LogP contribution >= 0.6 is 0 Å². The minimum Gasteiger partial charge on any atom is -0.427 e. The smallest absolute Gasteiger partial charge is 0.308 e. The summed E-state index contributed by atoms with van der Waals surface area (Å²) in [6.45, 7) is 11.4. The van der Waals surface area contributed by atoms with Crippen LogP contribution in [0.1, 0.15) is 40.2 Å². The van der Waals surface area contributed by atoms with Gasteiger partial charge in [-0.1, -0.05) is 0 Å². The van der Waals surface area contributed by atoms with Crippen LogP contribution in [0.2, 0.25) is 0 Å². The molecule has 0 saturated heterocycles. The predicted octanol–water partition coefficient (Wildman–Crippen LogP) is 3.75. The Kier molecular flexibility index (Phi) is 5.24. The zero-order valence-corrected chi connectivity index (χ0v) is 14.1. The number of carbonyl (C=O) groups excluding carboxylic acids is 1. The second-order valence-corrected chi connectivity index (χ2v) is 6.29. The molecule has 0 aliphatic heterocycles. The van der Waals surface area contributed by atoms with E-state index in [-0.39, 0.29) is 5.97 Å². The third kappa shape index (κ3) is 3.89. The second kappa shape index (κ2) is 6.97. The number of fused-ring (bicyclic) bond motifs is 1. The molecule has 0 unspecified atom stereocenters. The number of carbonyl (C=O) groups is 1. The zero-order chi connectivity index (χ0) is 16.3. The largest absolute Gasteiger partial charge is 0.427 e. The summed E-state index contributed by atoms with van der Waals surface area (Å²) >= 11 is 0. The molecular formula is C18H26N2O2. The Balaban J connectivity index is 2.18. The van der Waals surface area contributed by atoms with E-state index in [0.29, 0.717) is 17.8 Å². The molecule has 1 aromatic carbocycles. The van der Waals surface area contributed by atoms with Gasteiger partial charge in [0.2, 0.25) is 0 Å². The third-order valence-electron chi connectivity index (χ3n) is 3.97. The van der Waals surface area contributed by atoms with Crippen molar-refractivity contribution in [1.82, 2.24) is 9.88 Å². The maximum atomic E-state index is 11.1. The highest BCUT2D eigenvalue weighted by Crippen LogP contribution is 2.24. The lowest BCUT2D eigenvalue weighted by Gasteiger charge is -2.30. The van der Waals surface area contributed by atoms with Gasteiger partial charge in [-0.25, -0.2) is 0 Å². The summed E-state index contributed by atoms with van der Waals surface area (Å²) in [6, 6.07) is 6.78. The molecule has 4 heteroatoms. The highest BCUT2D eigenvalue weighted by Gasteiger charge is 2.14. The molecule has 2 aromatic rings. The van der Waals surface area contributed by atoms with Crippen LogP contribution in [-0.2, 0) is 11.2 Å². The van der Waals surface area contributed by atoms with Crippen molar-refractivity contribution in [2.45, 2.75) is 53.1 Å². The van der Waals surface area contributed by atoms with Gasteiger partial charge < -0.3 is 9.72 Å². The van der Waals surface area contributed by atoms with Crippen LogP contribution < -0.4 is 4.74 Å². The summed E-state index contributed by atoms with van der Waals surface area (Å²) < 4.78 is 5.19. The van der Waals surface area contributed by atoms with Crippen LogP contribution in [0, 0.1) is 0 Å². The minimum absolute atomic E-state index is 0.290. The molecule has 2 rings (SSSR count). The van der Waals surface area contributed by atoms with Crippen molar-refractivity contribution in [2.24, 2.45) is 0 Å². The maximum absolute atomic E-state index is 11.1. The molecule has 1 aromatic heterocycles. The first-order chi connectivity index (χ1) is 10.4. The fourth-order valence-corrected chi connectivity index (χ4v) is 2.96. The van der Waals surface area contributed by atoms with Crippen LogP contribution in [-0.4, -0.2) is 34.5 Å². The fourth-order valence-electron chi connectivity index (χ4n) is 2.96. The molecule has 0 bridgehead atoms. The lowest BCUT2D eigenvalue weighted by molar-refractivity contribution is -0.131. The van der Waals surface area contributed by atoms with E-state index in [0.717, 1.165) is 23.9 Å². The Morgan fingerprint density at radius 3 is 2.50 bits per heavy atom. The summed E-state index contributed by atoms with van der Waals surface area (Å²) in [6.07, 6.45) is 3.03. The van der Waals surface area contributed by atoms with Crippen molar-refractivity contribution >= 4 is 16.9 Å². The fraction of sp³-hybridized carbons (Fsp3) is 0.500. The van der Waals surface area contributed by atoms with Gasteiger partial charge in [-0.3, -0.25) is 9.69 Å². The molecule has 0 spiro atoms. The number of esters is 1. The lowest BCUT2D eigenvalue weighted by Crippen LogP contribution is -2.38. The Hall–Kier alpha value is -1.81. The Morgan fingerprint density at radius 2 is 1.91 bits per heavy atom.